The van der Waals surface area contributed by atoms with Crippen LogP contribution in [0.15, 0.2) is 30.3 Å². The largest absolute Gasteiger partial charge is 0.398 e. The Balaban J connectivity index is 2.97. The van der Waals surface area contributed by atoms with Crippen LogP contribution in [-0.2, 0) is 0 Å². The highest BCUT2D eigenvalue weighted by Gasteiger charge is 2.02. The summed E-state index contributed by atoms with van der Waals surface area (Å²) in [4.78, 5) is 0. The van der Waals surface area contributed by atoms with Crippen LogP contribution in [0.2, 0.25) is 0 Å². The summed E-state index contributed by atoms with van der Waals surface area (Å²) >= 11 is 0. The molecule has 0 fully saturated rings. The van der Waals surface area contributed by atoms with Crippen molar-refractivity contribution >= 4 is 16.5 Å². The van der Waals surface area contributed by atoms with Crippen molar-refractivity contribution in [3.8, 4) is 0 Å². The van der Waals surface area contributed by atoms with Crippen molar-refractivity contribution in [2.75, 3.05) is 5.73 Å². The lowest BCUT2D eigenvalue weighted by atomic mass is 10.00. The standard InChI is InChI=1S/C12H13N/c1-8-4-3-5-10-6-7-11(13)9(2)12(8)10/h3-7H,13H2,1-2H3. The molecule has 66 valence electrons. The predicted octanol–water partition coefficient (Wildman–Crippen LogP) is 3.04. The second kappa shape index (κ2) is 2.77. The Morgan fingerprint density at radius 1 is 1.00 bits per heavy atom. The molecule has 0 aliphatic carbocycles. The van der Waals surface area contributed by atoms with E-state index < -0.39 is 0 Å². The molecule has 0 amide bonds. The number of fused-ring (bicyclic) bond motifs is 1. The van der Waals surface area contributed by atoms with E-state index in [1.807, 2.05) is 6.07 Å². The first-order chi connectivity index (χ1) is 6.20. The molecular formula is C12H13N. The van der Waals surface area contributed by atoms with Crippen molar-refractivity contribution < 1.29 is 0 Å². The first-order valence-electron chi connectivity index (χ1n) is 4.44. The molecule has 0 saturated heterocycles. The molecule has 2 aromatic carbocycles. The summed E-state index contributed by atoms with van der Waals surface area (Å²) in [6.07, 6.45) is 0. The molecular weight excluding hydrogens is 158 g/mol. The van der Waals surface area contributed by atoms with Crippen molar-refractivity contribution in [1.29, 1.82) is 0 Å². The van der Waals surface area contributed by atoms with Gasteiger partial charge in [0, 0.05) is 5.69 Å². The number of benzene rings is 2. The zero-order valence-electron chi connectivity index (χ0n) is 7.96. The monoisotopic (exact) mass is 171 g/mol. The van der Waals surface area contributed by atoms with Gasteiger partial charge in [0.25, 0.3) is 0 Å². The molecule has 0 aromatic heterocycles. The molecule has 0 bridgehead atoms. The molecule has 0 aliphatic heterocycles. The quantitative estimate of drug-likeness (QED) is 0.606. The van der Waals surface area contributed by atoms with Gasteiger partial charge in [-0.15, -0.1) is 0 Å². The minimum atomic E-state index is 0.877. The molecule has 2 N–H and O–H groups in total. The molecule has 13 heavy (non-hydrogen) atoms. The summed E-state index contributed by atoms with van der Waals surface area (Å²) in [6.45, 7) is 4.19. The summed E-state index contributed by atoms with van der Waals surface area (Å²) in [5.74, 6) is 0. The Morgan fingerprint density at radius 3 is 2.54 bits per heavy atom. The topological polar surface area (TPSA) is 26.0 Å². The normalized spacial score (nSPS) is 10.6. The molecule has 0 radical (unpaired) electrons. The van der Waals surface area contributed by atoms with Crippen LogP contribution in [0.25, 0.3) is 10.8 Å². The van der Waals surface area contributed by atoms with Crippen LogP contribution in [0.5, 0.6) is 0 Å². The Labute approximate surface area is 78.2 Å². The fraction of sp³-hybridized carbons (Fsp3) is 0.167. The second-order valence-electron chi connectivity index (χ2n) is 3.45. The van der Waals surface area contributed by atoms with Gasteiger partial charge in [-0.1, -0.05) is 24.3 Å². The van der Waals surface area contributed by atoms with Crippen LogP contribution in [0.1, 0.15) is 11.1 Å². The maximum absolute atomic E-state index is 5.85. The maximum atomic E-state index is 5.85. The second-order valence-corrected chi connectivity index (χ2v) is 3.45. The molecule has 0 spiro atoms. The van der Waals surface area contributed by atoms with Gasteiger partial charge in [0.2, 0.25) is 0 Å². The number of hydrogen-bond acceptors (Lipinski definition) is 1. The van der Waals surface area contributed by atoms with Crippen LogP contribution in [-0.4, -0.2) is 0 Å². The molecule has 1 heteroatoms. The van der Waals surface area contributed by atoms with Crippen LogP contribution in [0.4, 0.5) is 5.69 Å². The summed E-state index contributed by atoms with van der Waals surface area (Å²) in [5.41, 5.74) is 9.22. The molecule has 0 saturated carbocycles. The molecule has 0 heterocycles. The van der Waals surface area contributed by atoms with E-state index in [9.17, 15) is 0 Å². The lowest BCUT2D eigenvalue weighted by molar-refractivity contribution is 1.46. The van der Waals surface area contributed by atoms with E-state index in [0.717, 1.165) is 5.69 Å². The summed E-state index contributed by atoms with van der Waals surface area (Å²) in [7, 11) is 0. The molecule has 2 rings (SSSR count). The first-order valence-corrected chi connectivity index (χ1v) is 4.44. The number of nitrogens with two attached hydrogens (primary N) is 1. The highest BCUT2D eigenvalue weighted by Crippen LogP contribution is 2.25. The van der Waals surface area contributed by atoms with Gasteiger partial charge in [-0.25, -0.2) is 0 Å². The van der Waals surface area contributed by atoms with Gasteiger partial charge in [-0.05, 0) is 41.8 Å². The zero-order valence-corrected chi connectivity index (χ0v) is 7.96. The van der Waals surface area contributed by atoms with Gasteiger partial charge < -0.3 is 5.73 Å². The lowest BCUT2D eigenvalue weighted by Gasteiger charge is -2.07. The van der Waals surface area contributed by atoms with Gasteiger partial charge in [-0.3, -0.25) is 0 Å². The van der Waals surface area contributed by atoms with Gasteiger partial charge >= 0.3 is 0 Å². The average molecular weight is 171 g/mol. The number of rotatable bonds is 0. The molecule has 2 aromatic rings. The Kier molecular flexibility index (Phi) is 1.73. The number of anilines is 1. The third-order valence-corrected chi connectivity index (χ3v) is 2.56. The van der Waals surface area contributed by atoms with Crippen molar-refractivity contribution in [3.05, 3.63) is 41.5 Å². The van der Waals surface area contributed by atoms with E-state index in [1.54, 1.807) is 0 Å². The summed E-state index contributed by atoms with van der Waals surface area (Å²) < 4.78 is 0. The fourth-order valence-electron chi connectivity index (χ4n) is 1.79. The smallest absolute Gasteiger partial charge is 0.0350 e. The van der Waals surface area contributed by atoms with E-state index >= 15 is 0 Å². The van der Waals surface area contributed by atoms with Crippen LogP contribution >= 0.6 is 0 Å². The Hall–Kier alpha value is -1.50. The van der Waals surface area contributed by atoms with E-state index in [0.29, 0.717) is 0 Å². The third kappa shape index (κ3) is 1.17. The number of hydrogen-bond donors (Lipinski definition) is 1. The summed E-state index contributed by atoms with van der Waals surface area (Å²) in [6, 6.07) is 10.4. The van der Waals surface area contributed by atoms with Gasteiger partial charge in [0.05, 0.1) is 0 Å². The zero-order chi connectivity index (χ0) is 9.42. The minimum Gasteiger partial charge on any atom is -0.398 e. The third-order valence-electron chi connectivity index (χ3n) is 2.56. The fourth-order valence-corrected chi connectivity index (χ4v) is 1.79. The first kappa shape index (κ1) is 8.11. The highest BCUT2D eigenvalue weighted by atomic mass is 14.6. The van der Waals surface area contributed by atoms with Crippen molar-refractivity contribution in [2.45, 2.75) is 13.8 Å². The van der Waals surface area contributed by atoms with Crippen LogP contribution in [0.3, 0.4) is 0 Å². The van der Waals surface area contributed by atoms with E-state index in [-0.39, 0.29) is 0 Å². The Morgan fingerprint density at radius 2 is 1.77 bits per heavy atom. The van der Waals surface area contributed by atoms with Gasteiger partial charge in [0.15, 0.2) is 0 Å². The van der Waals surface area contributed by atoms with Crippen LogP contribution in [0, 0.1) is 13.8 Å². The Bertz CT molecular complexity index is 458. The molecule has 1 nitrogen and oxygen atoms in total. The van der Waals surface area contributed by atoms with E-state index in [2.05, 4.69) is 38.1 Å². The van der Waals surface area contributed by atoms with Crippen molar-refractivity contribution in [2.24, 2.45) is 0 Å². The van der Waals surface area contributed by atoms with E-state index in [4.69, 9.17) is 5.73 Å². The SMILES string of the molecule is Cc1cccc2ccc(N)c(C)c12. The number of aryl methyl sites for hydroxylation is 2. The average Bonchev–Trinajstić information content (AvgIpc) is 2.12. The van der Waals surface area contributed by atoms with E-state index in [1.165, 1.54) is 21.9 Å². The highest BCUT2D eigenvalue weighted by molar-refractivity contribution is 5.91. The lowest BCUT2D eigenvalue weighted by Crippen LogP contribution is -1.91. The maximum Gasteiger partial charge on any atom is 0.0350 e. The molecule has 0 atom stereocenters. The van der Waals surface area contributed by atoms with Gasteiger partial charge in [-0.2, -0.15) is 0 Å². The molecule has 0 unspecified atom stereocenters. The minimum absolute atomic E-state index is 0.877. The predicted molar refractivity (Wildman–Crippen MR) is 57.8 cm³/mol. The van der Waals surface area contributed by atoms with Crippen LogP contribution < -0.4 is 5.73 Å². The van der Waals surface area contributed by atoms with Gasteiger partial charge in [0.1, 0.15) is 0 Å². The number of nitrogen functional groups attached to an aromatic ring is 1. The summed E-state index contributed by atoms with van der Waals surface area (Å²) in [5, 5.41) is 2.56. The molecule has 0 aliphatic rings. The van der Waals surface area contributed by atoms with Crippen molar-refractivity contribution in [3.63, 3.8) is 0 Å². The van der Waals surface area contributed by atoms with Crippen molar-refractivity contribution in [1.82, 2.24) is 0 Å².